The lowest BCUT2D eigenvalue weighted by molar-refractivity contribution is -0.148. The van der Waals surface area contributed by atoms with Crippen molar-refractivity contribution < 1.29 is 29.1 Å². The van der Waals surface area contributed by atoms with Gasteiger partial charge in [-0.3, -0.25) is 14.5 Å². The highest BCUT2D eigenvalue weighted by Gasteiger charge is 2.54. The van der Waals surface area contributed by atoms with Crippen molar-refractivity contribution in [1.29, 1.82) is 0 Å². The molecular formula is C13H11N3O6S. The van der Waals surface area contributed by atoms with Crippen molar-refractivity contribution in [2.24, 2.45) is 0 Å². The molecule has 1 fully saturated rings. The molecule has 9 nitrogen and oxygen atoms in total. The SMILES string of the molecule is C=CC1=C(C(=O)O)N2C(=O)[C@@H](NC(=O)c3nocc3O)[C@H]2SC1. The number of carboxylic acids is 1. The Labute approximate surface area is 133 Å². The lowest BCUT2D eigenvalue weighted by atomic mass is 10.0. The van der Waals surface area contributed by atoms with E-state index in [9.17, 15) is 24.6 Å². The Morgan fingerprint density at radius 1 is 1.57 bits per heavy atom. The number of β-lactam (4-membered cyclic amide) rings is 1. The van der Waals surface area contributed by atoms with Gasteiger partial charge < -0.3 is 20.1 Å². The number of carboxylic acid groups (broad SMARTS) is 1. The average Bonchev–Trinajstić information content (AvgIpc) is 2.96. The van der Waals surface area contributed by atoms with Gasteiger partial charge >= 0.3 is 5.97 Å². The third-order valence-corrected chi connectivity index (χ3v) is 4.80. The van der Waals surface area contributed by atoms with Crippen LogP contribution in [0, 0.1) is 0 Å². The van der Waals surface area contributed by atoms with Crippen LogP contribution in [0.15, 0.2) is 34.7 Å². The molecule has 2 amide bonds. The Kier molecular flexibility index (Phi) is 3.60. The fraction of sp³-hybridized carbons (Fsp3) is 0.231. The molecule has 1 saturated heterocycles. The van der Waals surface area contributed by atoms with Crippen LogP contribution in [0.3, 0.4) is 0 Å². The normalized spacial score (nSPS) is 23.1. The monoisotopic (exact) mass is 337 g/mol. The number of carbonyl (C=O) groups excluding carboxylic acids is 2. The van der Waals surface area contributed by atoms with E-state index in [4.69, 9.17) is 0 Å². The summed E-state index contributed by atoms with van der Waals surface area (Å²) >= 11 is 1.31. The third-order valence-electron chi connectivity index (χ3n) is 3.50. The first-order valence-corrected chi connectivity index (χ1v) is 7.48. The molecular weight excluding hydrogens is 326 g/mol. The highest BCUT2D eigenvalue weighted by atomic mass is 32.2. The quantitative estimate of drug-likeness (QED) is 0.650. The van der Waals surface area contributed by atoms with E-state index < -0.39 is 34.9 Å². The number of carbonyl (C=O) groups is 3. The van der Waals surface area contributed by atoms with Crippen LogP contribution in [0.25, 0.3) is 0 Å². The first kappa shape index (κ1) is 15.2. The summed E-state index contributed by atoms with van der Waals surface area (Å²) in [5.74, 6) is -2.62. The van der Waals surface area contributed by atoms with Crippen LogP contribution in [0.1, 0.15) is 10.5 Å². The van der Waals surface area contributed by atoms with Crippen molar-refractivity contribution in [1.82, 2.24) is 15.4 Å². The molecule has 23 heavy (non-hydrogen) atoms. The van der Waals surface area contributed by atoms with Crippen molar-refractivity contribution in [2.45, 2.75) is 11.4 Å². The molecule has 3 N–H and O–H groups in total. The maximum atomic E-state index is 12.2. The molecule has 2 aliphatic rings. The molecule has 3 rings (SSSR count). The molecule has 0 unspecified atom stereocenters. The Bertz CT molecular complexity index is 755. The van der Waals surface area contributed by atoms with E-state index in [1.54, 1.807) is 0 Å². The predicted octanol–water partition coefficient (Wildman–Crippen LogP) is -0.0816. The Hall–Kier alpha value is -2.75. The van der Waals surface area contributed by atoms with Gasteiger partial charge in [-0.15, -0.1) is 11.8 Å². The molecule has 0 aliphatic carbocycles. The molecule has 2 aliphatic heterocycles. The van der Waals surface area contributed by atoms with Crippen LogP contribution in [0.4, 0.5) is 0 Å². The number of hydrogen-bond acceptors (Lipinski definition) is 7. The van der Waals surface area contributed by atoms with Gasteiger partial charge in [0.25, 0.3) is 11.8 Å². The Morgan fingerprint density at radius 3 is 2.87 bits per heavy atom. The summed E-state index contributed by atoms with van der Waals surface area (Å²) in [4.78, 5) is 36.7. The van der Waals surface area contributed by atoms with E-state index in [0.717, 1.165) is 11.2 Å². The molecule has 0 bridgehead atoms. The van der Waals surface area contributed by atoms with Crippen molar-refractivity contribution in [3.8, 4) is 5.75 Å². The predicted molar refractivity (Wildman–Crippen MR) is 77.4 cm³/mol. The second kappa shape index (κ2) is 5.47. The van der Waals surface area contributed by atoms with Crippen LogP contribution in [-0.4, -0.2) is 55.2 Å². The van der Waals surface area contributed by atoms with Crippen molar-refractivity contribution in [3.63, 3.8) is 0 Å². The number of aromatic nitrogens is 1. The van der Waals surface area contributed by atoms with Crippen molar-refractivity contribution in [3.05, 3.63) is 35.9 Å². The summed E-state index contributed by atoms with van der Waals surface area (Å²) in [6.45, 7) is 3.55. The second-order valence-electron chi connectivity index (χ2n) is 4.79. The van der Waals surface area contributed by atoms with Crippen LogP contribution >= 0.6 is 11.8 Å². The van der Waals surface area contributed by atoms with Gasteiger partial charge in [-0.25, -0.2) is 4.79 Å². The summed E-state index contributed by atoms with van der Waals surface area (Å²) in [6, 6.07) is -0.899. The highest BCUT2D eigenvalue weighted by molar-refractivity contribution is 8.00. The molecule has 0 saturated carbocycles. The van der Waals surface area contributed by atoms with Gasteiger partial charge in [0.15, 0.2) is 12.0 Å². The standard InChI is InChI=1S/C13H11N3O6S/c1-2-5-4-23-12-8(11(19)16(12)9(5)13(20)21)14-10(18)7-6(17)3-22-15-7/h2-3,8,12,17H,1,4H2,(H,14,18)(H,20,21)/t8-,12-/m1/s1. The zero-order valence-electron chi connectivity index (χ0n) is 11.6. The third kappa shape index (κ3) is 2.27. The summed E-state index contributed by atoms with van der Waals surface area (Å²) in [7, 11) is 0. The smallest absolute Gasteiger partial charge is 0.352 e. The molecule has 0 spiro atoms. The van der Waals surface area contributed by atoms with E-state index in [-0.39, 0.29) is 11.4 Å². The second-order valence-corrected chi connectivity index (χ2v) is 5.90. The van der Waals surface area contributed by atoms with Gasteiger partial charge in [0.05, 0.1) is 0 Å². The lowest BCUT2D eigenvalue weighted by Gasteiger charge is -2.49. The van der Waals surface area contributed by atoms with Crippen molar-refractivity contribution in [2.75, 3.05) is 5.75 Å². The van der Waals surface area contributed by atoms with Crippen molar-refractivity contribution >= 4 is 29.5 Å². The number of nitrogens with one attached hydrogen (secondary N) is 1. The van der Waals surface area contributed by atoms with Crippen LogP contribution in [-0.2, 0) is 9.59 Å². The van der Waals surface area contributed by atoms with Crippen LogP contribution in [0.2, 0.25) is 0 Å². The molecule has 1 aromatic rings. The van der Waals surface area contributed by atoms with E-state index in [2.05, 4.69) is 21.6 Å². The zero-order chi connectivity index (χ0) is 16.7. The summed E-state index contributed by atoms with van der Waals surface area (Å²) < 4.78 is 4.45. The number of amides is 2. The minimum atomic E-state index is -1.22. The number of aromatic hydroxyl groups is 1. The van der Waals surface area contributed by atoms with Crippen LogP contribution in [0.5, 0.6) is 5.75 Å². The topological polar surface area (TPSA) is 133 Å². The fourth-order valence-electron chi connectivity index (χ4n) is 2.40. The van der Waals surface area contributed by atoms with Crippen LogP contribution < -0.4 is 5.32 Å². The van der Waals surface area contributed by atoms with Gasteiger partial charge in [-0.2, -0.15) is 0 Å². The van der Waals surface area contributed by atoms with E-state index in [1.165, 1.54) is 17.8 Å². The van der Waals surface area contributed by atoms with E-state index >= 15 is 0 Å². The maximum Gasteiger partial charge on any atom is 0.352 e. The summed E-state index contributed by atoms with van der Waals surface area (Å²) in [5, 5.41) is 23.9. The fourth-order valence-corrected chi connectivity index (χ4v) is 3.74. The highest BCUT2D eigenvalue weighted by Crippen LogP contribution is 2.40. The van der Waals surface area contributed by atoms with Gasteiger partial charge in [0.1, 0.15) is 17.1 Å². The molecule has 0 radical (unpaired) electrons. The first-order chi connectivity index (χ1) is 11.0. The number of allylic oxidation sites excluding steroid dienone is 1. The maximum absolute atomic E-state index is 12.2. The van der Waals surface area contributed by atoms with E-state index in [1.807, 2.05) is 0 Å². The number of fused-ring (bicyclic) bond motifs is 1. The molecule has 120 valence electrons. The zero-order valence-corrected chi connectivity index (χ0v) is 12.4. The minimum absolute atomic E-state index is 0.122. The molecule has 2 atom stereocenters. The molecule has 10 heteroatoms. The average molecular weight is 337 g/mol. The summed E-state index contributed by atoms with van der Waals surface area (Å²) in [6.07, 6.45) is 2.29. The number of rotatable bonds is 4. The molecule has 1 aromatic heterocycles. The van der Waals surface area contributed by atoms with Gasteiger partial charge in [0, 0.05) is 5.75 Å². The Morgan fingerprint density at radius 2 is 2.30 bits per heavy atom. The Balaban J connectivity index is 1.80. The summed E-state index contributed by atoms with van der Waals surface area (Å²) in [5.41, 5.74) is -0.00704. The van der Waals surface area contributed by atoms with E-state index in [0.29, 0.717) is 11.3 Å². The number of thioether (sulfide) groups is 1. The minimum Gasteiger partial charge on any atom is -0.503 e. The molecule has 0 aromatic carbocycles. The molecule has 3 heterocycles. The largest absolute Gasteiger partial charge is 0.503 e. The van der Waals surface area contributed by atoms with Gasteiger partial charge in [-0.05, 0) is 5.57 Å². The number of nitrogens with zero attached hydrogens (tertiary/aromatic N) is 2. The van der Waals surface area contributed by atoms with Gasteiger partial charge in [-0.1, -0.05) is 17.8 Å². The van der Waals surface area contributed by atoms with Gasteiger partial charge in [0.2, 0.25) is 5.69 Å². The number of hydrogen-bond donors (Lipinski definition) is 3. The first-order valence-electron chi connectivity index (χ1n) is 6.43. The lowest BCUT2D eigenvalue weighted by Crippen LogP contribution is -2.70. The number of aliphatic carboxylic acids is 1.